The summed E-state index contributed by atoms with van der Waals surface area (Å²) in [6.07, 6.45) is 25.9. The largest absolute Gasteiger partial charge is 0.350 e. The minimum absolute atomic E-state index is 0.237. The highest BCUT2D eigenvalue weighted by Crippen LogP contribution is 2.18. The van der Waals surface area contributed by atoms with Crippen molar-refractivity contribution in [2.45, 2.75) is 142 Å². The van der Waals surface area contributed by atoms with Gasteiger partial charge in [-0.3, -0.25) is 9.28 Å². The number of nitrogens with one attached hydrogen (secondary N) is 1. The fourth-order valence-corrected chi connectivity index (χ4v) is 5.01. The van der Waals surface area contributed by atoms with Gasteiger partial charge in [-0.15, -0.1) is 0 Å². The lowest BCUT2D eigenvalue weighted by atomic mass is 10.1. The molecule has 194 valence electrons. The molecule has 1 atom stereocenters. The summed E-state index contributed by atoms with van der Waals surface area (Å²) in [6.45, 7) is 8.37. The molecule has 0 aromatic rings. The van der Waals surface area contributed by atoms with E-state index >= 15 is 0 Å². The van der Waals surface area contributed by atoms with E-state index in [0.717, 1.165) is 43.5 Å². The number of hydrogen-bond acceptors (Lipinski definition) is 2. The first-order valence-corrected chi connectivity index (χ1v) is 14.8. The summed E-state index contributed by atoms with van der Waals surface area (Å²) in [7, 11) is 2.31. The molecule has 0 saturated heterocycles. The van der Waals surface area contributed by atoms with Gasteiger partial charge in [0, 0.05) is 12.8 Å². The third-order valence-electron chi connectivity index (χ3n) is 7.45. The van der Waals surface area contributed by atoms with Crippen molar-refractivity contribution >= 4 is 11.7 Å². The molecular formula is C29H58N3O+. The molecule has 0 aromatic carbocycles. The van der Waals surface area contributed by atoms with Gasteiger partial charge >= 0.3 is 0 Å². The SMILES string of the molecule is CCCCCCCCCCCC(=O)NCC[N+]1(C)CCN=C1CCCCCCCCCCC. The Hall–Kier alpha value is -0.900. The number of quaternary nitrogens is 1. The smallest absolute Gasteiger partial charge is 0.220 e. The second-order valence-electron chi connectivity index (χ2n) is 10.6. The Kier molecular flexibility index (Phi) is 18.7. The van der Waals surface area contributed by atoms with E-state index in [-0.39, 0.29) is 5.91 Å². The molecule has 0 spiro atoms. The molecule has 1 aliphatic heterocycles. The van der Waals surface area contributed by atoms with Crippen LogP contribution in [0, 0.1) is 0 Å². The van der Waals surface area contributed by atoms with Gasteiger partial charge in [0.1, 0.15) is 13.1 Å². The van der Waals surface area contributed by atoms with Gasteiger partial charge in [0.05, 0.1) is 20.1 Å². The molecule has 0 aliphatic carbocycles. The molecule has 0 fully saturated rings. The second kappa shape index (κ2) is 20.5. The van der Waals surface area contributed by atoms with Crippen LogP contribution in [-0.4, -0.2) is 49.5 Å². The van der Waals surface area contributed by atoms with E-state index in [2.05, 4.69) is 26.2 Å². The lowest BCUT2D eigenvalue weighted by molar-refractivity contribution is -0.814. The Morgan fingerprint density at radius 3 is 1.79 bits per heavy atom. The van der Waals surface area contributed by atoms with Crippen LogP contribution >= 0.6 is 0 Å². The summed E-state index contributed by atoms with van der Waals surface area (Å²) < 4.78 is 0.940. The molecular weight excluding hydrogens is 406 g/mol. The number of unbranched alkanes of at least 4 members (excludes halogenated alkanes) is 16. The van der Waals surface area contributed by atoms with E-state index in [1.807, 2.05) is 0 Å². The summed E-state index contributed by atoms with van der Waals surface area (Å²) in [5.41, 5.74) is 0. The molecule has 1 heterocycles. The monoisotopic (exact) mass is 464 g/mol. The lowest BCUT2D eigenvalue weighted by Crippen LogP contribution is -2.51. The van der Waals surface area contributed by atoms with Gasteiger partial charge in [-0.05, 0) is 12.8 Å². The zero-order valence-electron chi connectivity index (χ0n) is 22.8. The minimum Gasteiger partial charge on any atom is -0.350 e. The molecule has 4 nitrogen and oxygen atoms in total. The number of amides is 1. The van der Waals surface area contributed by atoms with E-state index in [9.17, 15) is 4.79 Å². The van der Waals surface area contributed by atoms with E-state index in [1.165, 1.54) is 115 Å². The lowest BCUT2D eigenvalue weighted by Gasteiger charge is -2.30. The average molecular weight is 465 g/mol. The van der Waals surface area contributed by atoms with Crippen molar-refractivity contribution in [3.05, 3.63) is 0 Å². The van der Waals surface area contributed by atoms with E-state index in [1.54, 1.807) is 0 Å². The van der Waals surface area contributed by atoms with Crippen molar-refractivity contribution in [3.63, 3.8) is 0 Å². The van der Waals surface area contributed by atoms with Crippen molar-refractivity contribution in [1.82, 2.24) is 5.32 Å². The minimum atomic E-state index is 0.237. The van der Waals surface area contributed by atoms with Crippen molar-refractivity contribution in [2.24, 2.45) is 4.99 Å². The van der Waals surface area contributed by atoms with Crippen LogP contribution in [0.1, 0.15) is 142 Å². The molecule has 1 amide bonds. The highest BCUT2D eigenvalue weighted by atomic mass is 16.1. The van der Waals surface area contributed by atoms with Gasteiger partial charge in [-0.2, -0.15) is 0 Å². The number of carbonyl (C=O) groups is 1. The number of aliphatic imine (C=N–C) groups is 1. The summed E-state index contributed by atoms with van der Waals surface area (Å²) in [5, 5.41) is 3.18. The van der Waals surface area contributed by atoms with Crippen LogP contribution < -0.4 is 5.32 Å². The van der Waals surface area contributed by atoms with Crippen LogP contribution in [0.15, 0.2) is 4.99 Å². The first-order chi connectivity index (χ1) is 16.1. The number of hydrogen-bond donors (Lipinski definition) is 1. The molecule has 0 saturated carbocycles. The average Bonchev–Trinajstić information content (AvgIpc) is 3.17. The van der Waals surface area contributed by atoms with E-state index < -0.39 is 0 Å². The zero-order chi connectivity index (χ0) is 24.0. The third kappa shape index (κ3) is 15.6. The molecule has 4 heteroatoms. The fourth-order valence-electron chi connectivity index (χ4n) is 5.01. The highest BCUT2D eigenvalue weighted by molar-refractivity contribution is 5.77. The maximum Gasteiger partial charge on any atom is 0.220 e. The topological polar surface area (TPSA) is 41.5 Å². The molecule has 0 aromatic heterocycles. The molecule has 1 rings (SSSR count). The maximum atomic E-state index is 12.2. The normalized spacial score (nSPS) is 18.0. The standard InChI is InChI=1S/C29H57N3O/c1-4-6-8-10-12-14-16-18-20-22-28-30-24-26-32(28,3)27-25-31-29(33)23-21-19-17-15-13-11-9-7-5-2/h4-27H2,1-3H3/p+1. The van der Waals surface area contributed by atoms with Gasteiger partial charge < -0.3 is 5.32 Å². The summed E-state index contributed by atoms with van der Waals surface area (Å²) in [4.78, 5) is 17.0. The van der Waals surface area contributed by atoms with Crippen LogP contribution in [0.3, 0.4) is 0 Å². The van der Waals surface area contributed by atoms with Crippen LogP contribution in [0.25, 0.3) is 0 Å². The van der Waals surface area contributed by atoms with Crippen molar-refractivity contribution in [1.29, 1.82) is 0 Å². The van der Waals surface area contributed by atoms with E-state index in [4.69, 9.17) is 4.99 Å². The predicted molar refractivity (Wildman–Crippen MR) is 145 cm³/mol. The van der Waals surface area contributed by atoms with Gasteiger partial charge in [0.2, 0.25) is 5.91 Å². The van der Waals surface area contributed by atoms with Gasteiger partial charge in [-0.25, -0.2) is 4.99 Å². The number of amidine groups is 1. The molecule has 1 aliphatic rings. The Labute approximate surface area is 207 Å². The van der Waals surface area contributed by atoms with Crippen molar-refractivity contribution < 1.29 is 9.28 Å². The van der Waals surface area contributed by atoms with Crippen LogP contribution in [0.4, 0.5) is 0 Å². The van der Waals surface area contributed by atoms with Crippen LogP contribution in [-0.2, 0) is 4.79 Å². The quantitative estimate of drug-likeness (QED) is 0.122. The zero-order valence-corrected chi connectivity index (χ0v) is 22.8. The second-order valence-corrected chi connectivity index (χ2v) is 10.6. The Balaban J connectivity index is 2.03. The van der Waals surface area contributed by atoms with Gasteiger partial charge in [-0.1, -0.05) is 117 Å². The number of rotatable bonds is 23. The fraction of sp³-hybridized carbons (Fsp3) is 0.931. The van der Waals surface area contributed by atoms with Crippen molar-refractivity contribution in [3.8, 4) is 0 Å². The first kappa shape index (κ1) is 30.1. The molecule has 1 N–H and O–H groups in total. The van der Waals surface area contributed by atoms with Crippen LogP contribution in [0.2, 0.25) is 0 Å². The molecule has 33 heavy (non-hydrogen) atoms. The Morgan fingerprint density at radius 2 is 1.24 bits per heavy atom. The summed E-state index contributed by atoms with van der Waals surface area (Å²) in [5.74, 6) is 1.60. The maximum absolute atomic E-state index is 12.2. The summed E-state index contributed by atoms with van der Waals surface area (Å²) in [6, 6.07) is 0. The Morgan fingerprint density at radius 1 is 0.758 bits per heavy atom. The highest BCUT2D eigenvalue weighted by Gasteiger charge is 2.32. The predicted octanol–water partition coefficient (Wildman–Crippen LogP) is 7.80. The number of nitrogens with zero attached hydrogens (tertiary/aromatic N) is 2. The summed E-state index contributed by atoms with van der Waals surface area (Å²) >= 11 is 0. The first-order valence-electron chi connectivity index (χ1n) is 14.8. The number of likely N-dealkylation sites (N-methyl/N-ethyl adjacent to an activating group) is 1. The van der Waals surface area contributed by atoms with Gasteiger partial charge in [0.25, 0.3) is 0 Å². The molecule has 1 unspecified atom stereocenters. The van der Waals surface area contributed by atoms with Gasteiger partial charge in [0.15, 0.2) is 5.84 Å². The van der Waals surface area contributed by atoms with Crippen molar-refractivity contribution in [2.75, 3.05) is 33.2 Å². The van der Waals surface area contributed by atoms with Crippen LogP contribution in [0.5, 0.6) is 0 Å². The Bertz CT molecular complexity index is 505. The van der Waals surface area contributed by atoms with E-state index in [0.29, 0.717) is 6.42 Å². The number of carbonyl (C=O) groups excluding carboxylic acids is 1. The molecule has 0 radical (unpaired) electrons. The third-order valence-corrected chi connectivity index (χ3v) is 7.45. The molecule has 0 bridgehead atoms.